The Morgan fingerprint density at radius 1 is 1.13 bits per heavy atom. The normalized spacial score (nSPS) is 14.4. The minimum atomic E-state index is 0.0993. The number of piperazine rings is 1. The largest absolute Gasteiger partial charge is 0.352 e. The van der Waals surface area contributed by atoms with E-state index < -0.39 is 0 Å². The highest BCUT2D eigenvalue weighted by Crippen LogP contribution is 2.29. The molecule has 1 aliphatic rings. The van der Waals surface area contributed by atoms with E-state index >= 15 is 0 Å². The molecule has 0 radical (unpaired) electrons. The molecule has 0 atom stereocenters. The zero-order chi connectivity index (χ0) is 21.2. The number of aryl methyl sites for hydroxylation is 1. The first-order chi connectivity index (χ1) is 15.2. The summed E-state index contributed by atoms with van der Waals surface area (Å²) in [5.74, 6) is 1.86. The second-order valence-corrected chi connectivity index (χ2v) is 9.20. The van der Waals surface area contributed by atoms with E-state index in [0.717, 1.165) is 46.2 Å². The van der Waals surface area contributed by atoms with E-state index in [4.69, 9.17) is 0 Å². The molecular weight excluding hydrogens is 428 g/mol. The Morgan fingerprint density at radius 2 is 1.97 bits per heavy atom. The van der Waals surface area contributed by atoms with Crippen LogP contribution < -0.4 is 4.90 Å². The Hall–Kier alpha value is -2.91. The fourth-order valence-electron chi connectivity index (χ4n) is 3.80. The van der Waals surface area contributed by atoms with Crippen molar-refractivity contribution in [2.75, 3.05) is 31.1 Å². The van der Waals surface area contributed by atoms with E-state index in [2.05, 4.69) is 36.8 Å². The van der Waals surface area contributed by atoms with Crippen LogP contribution in [0.2, 0.25) is 0 Å². The van der Waals surface area contributed by atoms with Gasteiger partial charge in [-0.15, -0.1) is 11.8 Å². The van der Waals surface area contributed by atoms with Crippen molar-refractivity contribution in [1.29, 1.82) is 0 Å². The van der Waals surface area contributed by atoms with E-state index in [1.165, 1.54) is 5.56 Å². The fraction of sp³-hybridized carbons (Fsp3) is 0.273. The highest BCUT2D eigenvalue weighted by molar-refractivity contribution is 7.98. The Morgan fingerprint density at radius 3 is 2.77 bits per heavy atom. The molecule has 1 amide bonds. The summed E-state index contributed by atoms with van der Waals surface area (Å²) in [6.45, 7) is 2.79. The van der Waals surface area contributed by atoms with Crippen molar-refractivity contribution in [1.82, 2.24) is 24.6 Å². The maximum absolute atomic E-state index is 13.3. The molecule has 158 valence electrons. The molecule has 0 aliphatic carbocycles. The fourth-order valence-corrected chi connectivity index (χ4v) is 5.56. The summed E-state index contributed by atoms with van der Waals surface area (Å²) in [6.07, 6.45) is 3.39. The number of rotatable bonds is 5. The number of amides is 1. The summed E-state index contributed by atoms with van der Waals surface area (Å²) >= 11 is 3.42. The van der Waals surface area contributed by atoms with Crippen LogP contribution in [-0.2, 0) is 12.8 Å². The Kier molecular flexibility index (Phi) is 5.61. The summed E-state index contributed by atoms with van der Waals surface area (Å²) in [7, 11) is 1.88. The van der Waals surface area contributed by atoms with Gasteiger partial charge in [-0.3, -0.25) is 9.48 Å². The quantitative estimate of drug-likeness (QED) is 0.432. The number of nitrogens with zero attached hydrogens (tertiary/aromatic N) is 6. The van der Waals surface area contributed by atoms with Crippen molar-refractivity contribution in [3.8, 4) is 0 Å². The number of benzene rings is 1. The number of fused-ring (bicyclic) bond motifs is 1. The van der Waals surface area contributed by atoms with E-state index in [0.29, 0.717) is 13.1 Å². The summed E-state index contributed by atoms with van der Waals surface area (Å²) in [5, 5.41) is 9.49. The zero-order valence-electron chi connectivity index (χ0n) is 17.1. The number of carbonyl (C=O) groups excluding carboxylic acids is 1. The van der Waals surface area contributed by atoms with Gasteiger partial charge in [-0.25, -0.2) is 9.97 Å². The lowest BCUT2D eigenvalue weighted by Gasteiger charge is -2.35. The van der Waals surface area contributed by atoms with Crippen LogP contribution in [0.5, 0.6) is 0 Å². The Balaban J connectivity index is 1.28. The Labute approximate surface area is 188 Å². The highest BCUT2D eigenvalue weighted by Gasteiger charge is 2.25. The van der Waals surface area contributed by atoms with Crippen molar-refractivity contribution in [2.24, 2.45) is 7.05 Å². The van der Waals surface area contributed by atoms with Gasteiger partial charge in [-0.2, -0.15) is 16.4 Å². The van der Waals surface area contributed by atoms with Crippen molar-refractivity contribution in [3.63, 3.8) is 0 Å². The second kappa shape index (κ2) is 8.68. The van der Waals surface area contributed by atoms with Gasteiger partial charge in [0.1, 0.15) is 12.1 Å². The Bertz CT molecular complexity index is 1200. The molecule has 1 aliphatic heterocycles. The van der Waals surface area contributed by atoms with Crippen LogP contribution in [0.3, 0.4) is 0 Å². The van der Waals surface area contributed by atoms with Gasteiger partial charge < -0.3 is 9.80 Å². The number of carbonyl (C=O) groups is 1. The minimum absolute atomic E-state index is 0.0993. The number of hydrogen-bond acceptors (Lipinski definition) is 7. The summed E-state index contributed by atoms with van der Waals surface area (Å²) in [4.78, 5) is 27.3. The molecule has 7 nitrogen and oxygen atoms in total. The number of thiophene rings is 1. The molecule has 0 spiro atoms. The molecule has 1 fully saturated rings. The molecule has 4 aromatic rings. The van der Waals surface area contributed by atoms with Crippen LogP contribution in [0.25, 0.3) is 11.0 Å². The van der Waals surface area contributed by atoms with Crippen molar-refractivity contribution in [2.45, 2.75) is 10.6 Å². The number of thioether (sulfide) groups is 1. The van der Waals surface area contributed by atoms with Crippen LogP contribution in [0, 0.1) is 0 Å². The SMILES string of the molecule is Cn1ncc2c(N3CCN(C(=O)c4ccccc4SCc4ccsc4)CC3)ncnc21. The molecule has 9 heteroatoms. The van der Waals surface area contributed by atoms with Gasteiger partial charge in [-0.05, 0) is 34.5 Å². The highest BCUT2D eigenvalue weighted by atomic mass is 32.2. The van der Waals surface area contributed by atoms with Gasteiger partial charge in [-0.1, -0.05) is 12.1 Å². The molecular formula is C22H22N6OS2. The number of anilines is 1. The molecule has 0 unspecified atom stereocenters. The van der Waals surface area contributed by atoms with Crippen LogP contribution in [0.1, 0.15) is 15.9 Å². The molecule has 0 N–H and O–H groups in total. The average Bonchev–Trinajstić information content (AvgIpc) is 3.47. The van der Waals surface area contributed by atoms with Crippen LogP contribution in [-0.4, -0.2) is 56.7 Å². The summed E-state index contributed by atoms with van der Waals surface area (Å²) in [6, 6.07) is 10.1. The second-order valence-electron chi connectivity index (χ2n) is 7.40. The van der Waals surface area contributed by atoms with E-state index in [-0.39, 0.29) is 5.91 Å². The van der Waals surface area contributed by atoms with E-state index in [9.17, 15) is 4.79 Å². The van der Waals surface area contributed by atoms with Crippen LogP contribution in [0.4, 0.5) is 5.82 Å². The standard InChI is InChI=1S/C22H22N6OS2/c1-26-20-18(12-25-26)21(24-15-23-20)27-7-9-28(10-8-27)22(29)17-4-2-3-5-19(17)31-14-16-6-11-30-13-16/h2-6,11-13,15H,7-10,14H2,1H3. The van der Waals surface area contributed by atoms with Gasteiger partial charge in [0.25, 0.3) is 5.91 Å². The maximum Gasteiger partial charge on any atom is 0.255 e. The smallest absolute Gasteiger partial charge is 0.255 e. The minimum Gasteiger partial charge on any atom is -0.352 e. The summed E-state index contributed by atoms with van der Waals surface area (Å²) in [5.41, 5.74) is 2.89. The first-order valence-corrected chi connectivity index (χ1v) is 12.0. The topological polar surface area (TPSA) is 67.2 Å². The van der Waals surface area contributed by atoms with Gasteiger partial charge in [0.2, 0.25) is 0 Å². The van der Waals surface area contributed by atoms with Crippen LogP contribution >= 0.6 is 23.1 Å². The lowest BCUT2D eigenvalue weighted by atomic mass is 10.1. The van der Waals surface area contributed by atoms with Crippen molar-refractivity contribution < 1.29 is 4.79 Å². The van der Waals surface area contributed by atoms with Gasteiger partial charge in [0.05, 0.1) is 17.1 Å². The van der Waals surface area contributed by atoms with Gasteiger partial charge >= 0.3 is 0 Å². The molecule has 1 saturated heterocycles. The van der Waals surface area contributed by atoms with Crippen molar-refractivity contribution >= 4 is 45.9 Å². The van der Waals surface area contributed by atoms with E-state index in [1.807, 2.05) is 42.4 Å². The molecule has 4 heterocycles. The first-order valence-electron chi connectivity index (χ1n) is 10.1. The molecule has 0 saturated carbocycles. The number of aromatic nitrogens is 4. The third-order valence-electron chi connectivity index (χ3n) is 5.47. The van der Waals surface area contributed by atoms with Crippen molar-refractivity contribution in [3.05, 3.63) is 64.7 Å². The predicted molar refractivity (Wildman–Crippen MR) is 125 cm³/mol. The molecule has 1 aromatic carbocycles. The van der Waals surface area contributed by atoms with Crippen LogP contribution in [0.15, 0.2) is 58.5 Å². The lowest BCUT2D eigenvalue weighted by Crippen LogP contribution is -2.49. The third-order valence-corrected chi connectivity index (χ3v) is 7.34. The van der Waals surface area contributed by atoms with E-state index in [1.54, 1.807) is 34.1 Å². The predicted octanol–water partition coefficient (Wildman–Crippen LogP) is 3.68. The molecule has 3 aromatic heterocycles. The van der Waals surface area contributed by atoms with Gasteiger partial charge in [0.15, 0.2) is 5.65 Å². The van der Waals surface area contributed by atoms with Gasteiger partial charge in [0, 0.05) is 43.9 Å². The third kappa shape index (κ3) is 4.03. The first kappa shape index (κ1) is 20.0. The molecule has 31 heavy (non-hydrogen) atoms. The summed E-state index contributed by atoms with van der Waals surface area (Å²) < 4.78 is 1.75. The number of hydrogen-bond donors (Lipinski definition) is 0. The maximum atomic E-state index is 13.3. The zero-order valence-corrected chi connectivity index (χ0v) is 18.8. The monoisotopic (exact) mass is 450 g/mol. The average molecular weight is 451 g/mol. The molecule has 5 rings (SSSR count). The molecule has 0 bridgehead atoms. The lowest BCUT2D eigenvalue weighted by molar-refractivity contribution is 0.0743.